The average Bonchev–Trinajstić information content (AvgIpc) is 3.43. The predicted octanol–water partition coefficient (Wildman–Crippen LogP) is 3.32. The third-order valence-electron chi connectivity index (χ3n) is 4.79. The highest BCUT2D eigenvalue weighted by molar-refractivity contribution is 5.97. The number of esters is 1. The van der Waals surface area contributed by atoms with Gasteiger partial charge in [0.1, 0.15) is 11.3 Å². The summed E-state index contributed by atoms with van der Waals surface area (Å²) in [5, 5.41) is 4.60. The van der Waals surface area contributed by atoms with E-state index in [0.29, 0.717) is 11.3 Å². The van der Waals surface area contributed by atoms with E-state index >= 15 is 0 Å². The van der Waals surface area contributed by atoms with E-state index in [1.54, 1.807) is 15.8 Å². The van der Waals surface area contributed by atoms with E-state index in [0.717, 1.165) is 37.2 Å². The molecule has 1 aromatic heterocycles. The minimum absolute atomic E-state index is 0.150. The maximum atomic E-state index is 12.8. The van der Waals surface area contributed by atoms with Gasteiger partial charge in [-0.25, -0.2) is 9.48 Å². The Bertz CT molecular complexity index is 961. The van der Waals surface area contributed by atoms with Crippen molar-refractivity contribution in [3.63, 3.8) is 0 Å². The van der Waals surface area contributed by atoms with E-state index in [9.17, 15) is 9.59 Å². The number of benzene rings is 2. The van der Waals surface area contributed by atoms with Crippen molar-refractivity contribution in [1.82, 2.24) is 14.7 Å². The normalized spacial score (nSPS) is 13.5. The summed E-state index contributed by atoms with van der Waals surface area (Å²) >= 11 is 0. The smallest absolute Gasteiger partial charge is 0.342 e. The second-order valence-corrected chi connectivity index (χ2v) is 6.70. The fraction of sp³-hybridized carbons (Fsp3) is 0.227. The summed E-state index contributed by atoms with van der Waals surface area (Å²) in [4.78, 5) is 26.7. The van der Waals surface area contributed by atoms with E-state index in [4.69, 9.17) is 4.74 Å². The third kappa shape index (κ3) is 3.81. The lowest BCUT2D eigenvalue weighted by Gasteiger charge is -2.14. The van der Waals surface area contributed by atoms with Crippen LogP contribution in [0.25, 0.3) is 16.9 Å². The third-order valence-corrected chi connectivity index (χ3v) is 4.79. The zero-order valence-electron chi connectivity index (χ0n) is 15.5. The molecule has 0 unspecified atom stereocenters. The molecule has 1 fully saturated rings. The number of para-hydroxylation sites is 1. The minimum Gasteiger partial charge on any atom is -0.452 e. The van der Waals surface area contributed by atoms with Crippen molar-refractivity contribution >= 4 is 11.9 Å². The molecule has 3 aromatic rings. The van der Waals surface area contributed by atoms with Crippen molar-refractivity contribution in [2.24, 2.45) is 0 Å². The number of carbonyl (C=O) groups is 2. The van der Waals surface area contributed by atoms with Crippen LogP contribution < -0.4 is 0 Å². The molecule has 0 N–H and O–H groups in total. The monoisotopic (exact) mass is 375 g/mol. The number of rotatable bonds is 5. The van der Waals surface area contributed by atoms with Gasteiger partial charge < -0.3 is 9.64 Å². The van der Waals surface area contributed by atoms with Crippen molar-refractivity contribution in [3.8, 4) is 16.9 Å². The van der Waals surface area contributed by atoms with E-state index in [1.807, 2.05) is 60.7 Å². The molecule has 2 heterocycles. The first-order valence-corrected chi connectivity index (χ1v) is 9.38. The maximum Gasteiger partial charge on any atom is 0.342 e. The van der Waals surface area contributed by atoms with Gasteiger partial charge in [0.05, 0.1) is 5.69 Å². The van der Waals surface area contributed by atoms with E-state index in [-0.39, 0.29) is 12.5 Å². The Morgan fingerprint density at radius 1 is 0.929 bits per heavy atom. The van der Waals surface area contributed by atoms with Crippen molar-refractivity contribution in [3.05, 3.63) is 72.4 Å². The van der Waals surface area contributed by atoms with Crippen LogP contribution in [0.3, 0.4) is 0 Å². The highest BCUT2D eigenvalue weighted by Gasteiger charge is 2.23. The summed E-state index contributed by atoms with van der Waals surface area (Å²) < 4.78 is 6.98. The molecule has 1 aliphatic heterocycles. The van der Waals surface area contributed by atoms with Crippen LogP contribution in [0.4, 0.5) is 0 Å². The van der Waals surface area contributed by atoms with Gasteiger partial charge in [0, 0.05) is 24.8 Å². The molecule has 6 heteroatoms. The maximum absolute atomic E-state index is 12.8. The van der Waals surface area contributed by atoms with Crippen molar-refractivity contribution in [2.45, 2.75) is 12.8 Å². The average molecular weight is 375 g/mol. The Labute approximate surface area is 163 Å². The number of amides is 1. The molecule has 0 spiro atoms. The first-order valence-electron chi connectivity index (χ1n) is 9.38. The largest absolute Gasteiger partial charge is 0.452 e. The fourth-order valence-corrected chi connectivity index (χ4v) is 3.31. The van der Waals surface area contributed by atoms with E-state index < -0.39 is 5.97 Å². The van der Waals surface area contributed by atoms with Crippen LogP contribution in [0, 0.1) is 0 Å². The number of ether oxygens (including phenoxy) is 1. The molecule has 0 bridgehead atoms. The van der Waals surface area contributed by atoms with Crippen molar-refractivity contribution in [2.75, 3.05) is 19.7 Å². The quantitative estimate of drug-likeness (QED) is 0.642. The Morgan fingerprint density at radius 2 is 1.57 bits per heavy atom. The highest BCUT2D eigenvalue weighted by atomic mass is 16.5. The SMILES string of the molecule is O=C(OCC(=O)N1CCCC1)c1cn(-c2ccccc2)nc1-c1ccccc1. The summed E-state index contributed by atoms with van der Waals surface area (Å²) in [6.45, 7) is 1.22. The van der Waals surface area contributed by atoms with Crippen LogP contribution >= 0.6 is 0 Å². The highest BCUT2D eigenvalue weighted by Crippen LogP contribution is 2.24. The molecule has 4 rings (SSSR count). The van der Waals surface area contributed by atoms with Crippen LogP contribution in [-0.4, -0.2) is 46.3 Å². The summed E-state index contributed by atoms with van der Waals surface area (Å²) in [5.41, 5.74) is 2.52. The van der Waals surface area contributed by atoms with Gasteiger partial charge in [0.15, 0.2) is 6.61 Å². The topological polar surface area (TPSA) is 64.4 Å². The van der Waals surface area contributed by atoms with Gasteiger partial charge in [-0.05, 0) is 25.0 Å². The van der Waals surface area contributed by atoms with Gasteiger partial charge in [0.2, 0.25) is 0 Å². The minimum atomic E-state index is -0.548. The second kappa shape index (κ2) is 8.08. The van der Waals surface area contributed by atoms with Crippen LogP contribution in [0.15, 0.2) is 66.9 Å². The van der Waals surface area contributed by atoms with E-state index in [1.165, 1.54) is 0 Å². The Morgan fingerprint density at radius 3 is 2.25 bits per heavy atom. The van der Waals surface area contributed by atoms with Gasteiger partial charge in [-0.15, -0.1) is 0 Å². The molecule has 0 saturated carbocycles. The zero-order chi connectivity index (χ0) is 19.3. The molecular weight excluding hydrogens is 354 g/mol. The number of hydrogen-bond donors (Lipinski definition) is 0. The molecule has 2 aromatic carbocycles. The lowest BCUT2D eigenvalue weighted by Crippen LogP contribution is -2.32. The van der Waals surface area contributed by atoms with Crippen molar-refractivity contribution < 1.29 is 14.3 Å². The Kier molecular flexibility index (Phi) is 5.19. The number of aromatic nitrogens is 2. The lowest BCUT2D eigenvalue weighted by molar-refractivity contribution is -0.133. The molecule has 0 aliphatic carbocycles. The first-order chi connectivity index (χ1) is 13.7. The first kappa shape index (κ1) is 18.0. The molecular formula is C22H21N3O3. The van der Waals surface area contributed by atoms with Crippen LogP contribution in [0.1, 0.15) is 23.2 Å². The van der Waals surface area contributed by atoms with Crippen molar-refractivity contribution in [1.29, 1.82) is 0 Å². The molecule has 1 saturated heterocycles. The Hall–Kier alpha value is -3.41. The van der Waals surface area contributed by atoms with Crippen LogP contribution in [0.5, 0.6) is 0 Å². The molecule has 1 aliphatic rings. The van der Waals surface area contributed by atoms with Gasteiger partial charge in [-0.3, -0.25) is 4.79 Å². The number of hydrogen-bond acceptors (Lipinski definition) is 4. The summed E-state index contributed by atoms with van der Waals surface area (Å²) in [6, 6.07) is 19.0. The summed E-state index contributed by atoms with van der Waals surface area (Å²) in [7, 11) is 0. The van der Waals surface area contributed by atoms with Gasteiger partial charge in [-0.1, -0.05) is 48.5 Å². The van der Waals surface area contributed by atoms with Crippen LogP contribution in [-0.2, 0) is 9.53 Å². The number of carbonyl (C=O) groups excluding carboxylic acids is 2. The molecule has 1 amide bonds. The standard InChI is InChI=1S/C22H21N3O3/c26-20(24-13-7-8-14-24)16-28-22(27)19-15-25(18-11-5-2-6-12-18)23-21(19)17-9-3-1-4-10-17/h1-6,9-12,15H,7-8,13-14,16H2. The zero-order valence-corrected chi connectivity index (χ0v) is 15.5. The van der Waals surface area contributed by atoms with Gasteiger partial charge >= 0.3 is 5.97 Å². The predicted molar refractivity (Wildman–Crippen MR) is 105 cm³/mol. The molecule has 0 radical (unpaired) electrons. The lowest BCUT2D eigenvalue weighted by atomic mass is 10.1. The number of nitrogens with zero attached hydrogens (tertiary/aromatic N) is 3. The summed E-state index contributed by atoms with van der Waals surface area (Å²) in [5.74, 6) is -0.698. The van der Waals surface area contributed by atoms with E-state index in [2.05, 4.69) is 5.10 Å². The van der Waals surface area contributed by atoms with Gasteiger partial charge in [0.25, 0.3) is 5.91 Å². The second-order valence-electron chi connectivity index (χ2n) is 6.70. The van der Waals surface area contributed by atoms with Crippen LogP contribution in [0.2, 0.25) is 0 Å². The molecule has 0 atom stereocenters. The molecule has 28 heavy (non-hydrogen) atoms. The van der Waals surface area contributed by atoms with Gasteiger partial charge in [-0.2, -0.15) is 5.10 Å². The Balaban J connectivity index is 1.60. The molecule has 6 nitrogen and oxygen atoms in total. The fourth-order valence-electron chi connectivity index (χ4n) is 3.31. The number of likely N-dealkylation sites (tertiary alicyclic amines) is 1. The summed E-state index contributed by atoms with van der Waals surface area (Å²) in [6.07, 6.45) is 3.66. The molecule has 142 valence electrons.